The minimum atomic E-state index is -0.573. The molecule has 0 radical (unpaired) electrons. The number of amides is 2. The van der Waals surface area contributed by atoms with E-state index in [-0.39, 0.29) is 18.4 Å². The third-order valence-electron chi connectivity index (χ3n) is 4.26. The number of methoxy groups -OCH3 is 1. The maximum absolute atomic E-state index is 12.6. The van der Waals surface area contributed by atoms with Crippen molar-refractivity contribution in [2.75, 3.05) is 7.11 Å². The quantitative estimate of drug-likeness (QED) is 0.760. The molecule has 0 aliphatic carbocycles. The fourth-order valence-corrected chi connectivity index (χ4v) is 2.82. The molecule has 2 amide bonds. The number of piperidine rings is 1. The van der Waals surface area contributed by atoms with E-state index in [2.05, 4.69) is 0 Å². The summed E-state index contributed by atoms with van der Waals surface area (Å²) in [6, 6.07) is 17.0. The van der Waals surface area contributed by atoms with Gasteiger partial charge < -0.3 is 9.47 Å². The maximum Gasteiger partial charge on any atom is 0.258 e. The van der Waals surface area contributed by atoms with Gasteiger partial charge in [0.05, 0.1) is 20.3 Å². The summed E-state index contributed by atoms with van der Waals surface area (Å²) in [6.45, 7) is 0.620. The highest BCUT2D eigenvalue weighted by Gasteiger charge is 2.34. The molecule has 130 valence electrons. The average Bonchev–Trinajstić information content (AvgIpc) is 2.66. The van der Waals surface area contributed by atoms with Crippen LogP contribution in [0.5, 0.6) is 5.75 Å². The van der Waals surface area contributed by atoms with Gasteiger partial charge in [0.25, 0.3) is 5.91 Å². The summed E-state index contributed by atoms with van der Waals surface area (Å²) < 4.78 is 10.9. The van der Waals surface area contributed by atoms with Gasteiger partial charge in [-0.15, -0.1) is 0 Å². The van der Waals surface area contributed by atoms with Crippen molar-refractivity contribution in [3.05, 3.63) is 65.7 Å². The summed E-state index contributed by atoms with van der Waals surface area (Å²) >= 11 is 0. The van der Waals surface area contributed by atoms with Crippen LogP contribution in [0.4, 0.5) is 0 Å². The van der Waals surface area contributed by atoms with E-state index in [0.29, 0.717) is 19.4 Å². The Kier molecular flexibility index (Phi) is 5.46. The highest BCUT2D eigenvalue weighted by Crippen LogP contribution is 2.21. The van der Waals surface area contributed by atoms with Gasteiger partial charge in [0, 0.05) is 6.42 Å². The van der Waals surface area contributed by atoms with Crippen LogP contribution in [0.3, 0.4) is 0 Å². The Bertz CT molecular complexity index is 727. The van der Waals surface area contributed by atoms with E-state index in [0.717, 1.165) is 16.9 Å². The van der Waals surface area contributed by atoms with Gasteiger partial charge in [-0.2, -0.15) is 0 Å². The molecular formula is C20H21NO4. The zero-order valence-electron chi connectivity index (χ0n) is 14.2. The number of imide groups is 1. The Hall–Kier alpha value is -2.66. The van der Waals surface area contributed by atoms with Crippen LogP contribution in [-0.4, -0.2) is 29.9 Å². The maximum atomic E-state index is 12.6. The molecule has 0 saturated carbocycles. The molecule has 5 nitrogen and oxygen atoms in total. The van der Waals surface area contributed by atoms with E-state index in [4.69, 9.17) is 9.47 Å². The predicted octanol–water partition coefficient (Wildman–Crippen LogP) is 2.93. The van der Waals surface area contributed by atoms with E-state index in [9.17, 15) is 9.59 Å². The van der Waals surface area contributed by atoms with Crippen molar-refractivity contribution < 1.29 is 19.1 Å². The van der Waals surface area contributed by atoms with Crippen molar-refractivity contribution in [1.29, 1.82) is 0 Å². The van der Waals surface area contributed by atoms with Crippen molar-refractivity contribution in [3.8, 4) is 5.75 Å². The zero-order valence-corrected chi connectivity index (χ0v) is 14.2. The third-order valence-corrected chi connectivity index (χ3v) is 4.26. The van der Waals surface area contributed by atoms with Gasteiger partial charge in [0.15, 0.2) is 0 Å². The van der Waals surface area contributed by atoms with E-state index < -0.39 is 6.10 Å². The van der Waals surface area contributed by atoms with Crippen LogP contribution in [0.1, 0.15) is 24.0 Å². The smallest absolute Gasteiger partial charge is 0.258 e. The second-order valence-electron chi connectivity index (χ2n) is 5.99. The molecule has 2 aromatic carbocycles. The Morgan fingerprint density at radius 1 is 1.00 bits per heavy atom. The molecular weight excluding hydrogens is 318 g/mol. The first kappa shape index (κ1) is 17.2. The lowest BCUT2D eigenvalue weighted by atomic mass is 10.0. The van der Waals surface area contributed by atoms with Crippen LogP contribution in [-0.2, 0) is 27.5 Å². The van der Waals surface area contributed by atoms with Gasteiger partial charge in [0.1, 0.15) is 11.9 Å². The molecule has 1 aliphatic heterocycles. The first-order chi connectivity index (χ1) is 12.2. The molecule has 5 heteroatoms. The Morgan fingerprint density at radius 3 is 2.40 bits per heavy atom. The summed E-state index contributed by atoms with van der Waals surface area (Å²) in [4.78, 5) is 26.1. The van der Waals surface area contributed by atoms with Gasteiger partial charge in [0.2, 0.25) is 5.91 Å². The molecule has 0 bridgehead atoms. The van der Waals surface area contributed by atoms with Gasteiger partial charge in [-0.25, -0.2) is 0 Å². The largest absolute Gasteiger partial charge is 0.497 e. The molecule has 1 heterocycles. The van der Waals surface area contributed by atoms with Crippen LogP contribution in [0.2, 0.25) is 0 Å². The molecule has 1 saturated heterocycles. The SMILES string of the molecule is COc1ccc(CN2C(=O)CC[C@@H](OCc3ccccc3)C2=O)cc1. The van der Waals surface area contributed by atoms with Crippen molar-refractivity contribution in [1.82, 2.24) is 4.90 Å². The van der Waals surface area contributed by atoms with E-state index >= 15 is 0 Å². The van der Waals surface area contributed by atoms with Crippen molar-refractivity contribution in [2.24, 2.45) is 0 Å². The molecule has 25 heavy (non-hydrogen) atoms. The third kappa shape index (κ3) is 4.25. The Balaban J connectivity index is 1.64. The number of ether oxygens (including phenoxy) is 2. The van der Waals surface area contributed by atoms with Crippen LogP contribution in [0.25, 0.3) is 0 Å². The molecule has 1 aliphatic rings. The van der Waals surface area contributed by atoms with E-state index in [1.54, 1.807) is 7.11 Å². The number of hydrogen-bond acceptors (Lipinski definition) is 4. The van der Waals surface area contributed by atoms with E-state index in [1.165, 1.54) is 4.90 Å². The van der Waals surface area contributed by atoms with Gasteiger partial charge in [-0.3, -0.25) is 14.5 Å². The first-order valence-corrected chi connectivity index (χ1v) is 8.30. The van der Waals surface area contributed by atoms with Crippen LogP contribution in [0, 0.1) is 0 Å². The molecule has 0 aromatic heterocycles. The molecule has 0 N–H and O–H groups in total. The van der Waals surface area contributed by atoms with Crippen LogP contribution in [0.15, 0.2) is 54.6 Å². The topological polar surface area (TPSA) is 55.8 Å². The second-order valence-corrected chi connectivity index (χ2v) is 5.99. The minimum Gasteiger partial charge on any atom is -0.497 e. The highest BCUT2D eigenvalue weighted by molar-refractivity contribution is 5.99. The van der Waals surface area contributed by atoms with Gasteiger partial charge in [-0.05, 0) is 29.7 Å². The van der Waals surface area contributed by atoms with Crippen molar-refractivity contribution >= 4 is 11.8 Å². The number of carbonyl (C=O) groups is 2. The van der Waals surface area contributed by atoms with Gasteiger partial charge in [-0.1, -0.05) is 42.5 Å². The van der Waals surface area contributed by atoms with E-state index in [1.807, 2.05) is 54.6 Å². The van der Waals surface area contributed by atoms with Crippen molar-refractivity contribution in [2.45, 2.75) is 32.1 Å². The molecule has 2 aromatic rings. The Labute approximate surface area is 147 Å². The predicted molar refractivity (Wildman–Crippen MR) is 92.8 cm³/mol. The lowest BCUT2D eigenvalue weighted by Gasteiger charge is -2.30. The van der Waals surface area contributed by atoms with Crippen molar-refractivity contribution in [3.63, 3.8) is 0 Å². The highest BCUT2D eigenvalue weighted by atomic mass is 16.5. The number of hydrogen-bond donors (Lipinski definition) is 0. The summed E-state index contributed by atoms with van der Waals surface area (Å²) in [5, 5.41) is 0. The zero-order chi connectivity index (χ0) is 17.6. The lowest BCUT2D eigenvalue weighted by molar-refractivity contribution is -0.160. The summed E-state index contributed by atoms with van der Waals surface area (Å²) in [5.74, 6) is 0.326. The fourth-order valence-electron chi connectivity index (χ4n) is 2.82. The summed E-state index contributed by atoms with van der Waals surface area (Å²) in [5.41, 5.74) is 1.89. The minimum absolute atomic E-state index is 0.152. The molecule has 0 spiro atoms. The number of rotatable bonds is 6. The normalized spacial score (nSPS) is 17.6. The van der Waals surface area contributed by atoms with Crippen LogP contribution >= 0.6 is 0 Å². The standard InChI is InChI=1S/C20H21NO4/c1-24-17-9-7-15(8-10-17)13-21-19(22)12-11-18(20(21)23)25-14-16-5-3-2-4-6-16/h2-10,18H,11-14H2,1H3/t18-/m1/s1. The number of carbonyl (C=O) groups excluding carboxylic acids is 2. The molecule has 3 rings (SSSR count). The lowest BCUT2D eigenvalue weighted by Crippen LogP contribution is -2.48. The number of benzene rings is 2. The summed E-state index contributed by atoms with van der Waals surface area (Å²) in [7, 11) is 1.60. The molecule has 0 unspecified atom stereocenters. The molecule has 1 fully saturated rings. The Morgan fingerprint density at radius 2 is 1.72 bits per heavy atom. The fraction of sp³-hybridized carbons (Fsp3) is 0.300. The number of likely N-dealkylation sites (tertiary alicyclic amines) is 1. The van der Waals surface area contributed by atoms with Crippen LogP contribution < -0.4 is 4.74 Å². The second kappa shape index (κ2) is 7.94. The number of nitrogens with zero attached hydrogens (tertiary/aromatic N) is 1. The van der Waals surface area contributed by atoms with Gasteiger partial charge >= 0.3 is 0 Å². The average molecular weight is 339 g/mol. The monoisotopic (exact) mass is 339 g/mol. The molecule has 1 atom stereocenters. The summed E-state index contributed by atoms with van der Waals surface area (Å²) in [6.07, 6.45) is 0.182. The first-order valence-electron chi connectivity index (χ1n) is 8.30.